The summed E-state index contributed by atoms with van der Waals surface area (Å²) in [5.41, 5.74) is 1.83. The molecule has 30 heavy (non-hydrogen) atoms. The molecule has 9 heteroatoms. The van der Waals surface area contributed by atoms with Gasteiger partial charge in [0.05, 0.1) is 11.8 Å². The van der Waals surface area contributed by atoms with Crippen LogP contribution in [-0.2, 0) is 19.3 Å². The zero-order chi connectivity index (χ0) is 21.3. The second-order valence-electron chi connectivity index (χ2n) is 6.66. The number of amides is 1. The molecule has 4 aromatic rings. The summed E-state index contributed by atoms with van der Waals surface area (Å²) in [5.74, 6) is -0.0940. The van der Waals surface area contributed by atoms with Crippen molar-refractivity contribution in [2.45, 2.75) is 26.2 Å². The molecule has 0 aliphatic heterocycles. The Labute approximate surface area is 169 Å². The lowest BCUT2D eigenvalue weighted by Crippen LogP contribution is -2.22. The van der Waals surface area contributed by atoms with Crippen LogP contribution in [0.25, 0.3) is 22.6 Å². The summed E-state index contributed by atoms with van der Waals surface area (Å²) < 4.78 is 45.5. The van der Waals surface area contributed by atoms with Crippen molar-refractivity contribution in [2.75, 3.05) is 0 Å². The minimum absolute atomic E-state index is 0.184. The molecule has 0 aliphatic rings. The SMILES string of the molecule is CCn1cc(CNC(=O)c2ccc3oc(-c4ccc(C(F)(F)F)cc4)nc3c2)cn1. The Kier molecular flexibility index (Phi) is 5.03. The van der Waals surface area contributed by atoms with Crippen LogP contribution >= 0.6 is 0 Å². The maximum atomic E-state index is 12.7. The van der Waals surface area contributed by atoms with E-state index in [4.69, 9.17) is 4.42 Å². The van der Waals surface area contributed by atoms with Gasteiger partial charge in [-0.05, 0) is 49.4 Å². The zero-order valence-corrected chi connectivity index (χ0v) is 15.9. The normalized spacial score (nSPS) is 11.7. The van der Waals surface area contributed by atoms with Gasteiger partial charge in [0.25, 0.3) is 5.91 Å². The van der Waals surface area contributed by atoms with Crippen molar-refractivity contribution in [2.24, 2.45) is 0 Å². The number of nitrogens with one attached hydrogen (secondary N) is 1. The van der Waals surface area contributed by atoms with Crippen LogP contribution in [0, 0.1) is 0 Å². The topological polar surface area (TPSA) is 73.0 Å². The van der Waals surface area contributed by atoms with Crippen molar-refractivity contribution >= 4 is 17.0 Å². The average Bonchev–Trinajstić information content (AvgIpc) is 3.37. The van der Waals surface area contributed by atoms with Gasteiger partial charge in [-0.2, -0.15) is 18.3 Å². The van der Waals surface area contributed by atoms with Gasteiger partial charge in [0, 0.05) is 36.0 Å². The quantitative estimate of drug-likeness (QED) is 0.516. The molecule has 6 nitrogen and oxygen atoms in total. The summed E-state index contributed by atoms with van der Waals surface area (Å²) in [6, 6.07) is 9.36. The number of hydrogen-bond acceptors (Lipinski definition) is 4. The third-order valence-corrected chi connectivity index (χ3v) is 4.57. The molecule has 0 saturated heterocycles. The van der Waals surface area contributed by atoms with Crippen molar-refractivity contribution in [3.63, 3.8) is 0 Å². The number of carbonyl (C=O) groups excluding carboxylic acids is 1. The predicted molar refractivity (Wildman–Crippen MR) is 104 cm³/mol. The number of nitrogens with zero attached hydrogens (tertiary/aromatic N) is 3. The monoisotopic (exact) mass is 414 g/mol. The van der Waals surface area contributed by atoms with E-state index in [1.165, 1.54) is 12.1 Å². The molecule has 0 aliphatic carbocycles. The number of oxazole rings is 1. The van der Waals surface area contributed by atoms with Crippen LogP contribution < -0.4 is 5.32 Å². The molecule has 2 aromatic carbocycles. The van der Waals surface area contributed by atoms with Crippen molar-refractivity contribution in [1.29, 1.82) is 0 Å². The largest absolute Gasteiger partial charge is 0.436 e. The van der Waals surface area contributed by atoms with Gasteiger partial charge in [-0.15, -0.1) is 0 Å². The number of halogens is 3. The van der Waals surface area contributed by atoms with Crippen LogP contribution in [0.3, 0.4) is 0 Å². The molecule has 0 saturated carbocycles. The van der Waals surface area contributed by atoms with E-state index in [0.29, 0.717) is 28.8 Å². The number of aryl methyl sites for hydroxylation is 1. The Bertz CT molecular complexity index is 1190. The second kappa shape index (κ2) is 7.66. The maximum Gasteiger partial charge on any atom is 0.416 e. The highest BCUT2D eigenvalue weighted by atomic mass is 19.4. The molecule has 1 N–H and O–H groups in total. The molecule has 4 rings (SSSR count). The van der Waals surface area contributed by atoms with Gasteiger partial charge in [-0.1, -0.05) is 0 Å². The summed E-state index contributed by atoms with van der Waals surface area (Å²) in [5, 5.41) is 6.98. The van der Waals surface area contributed by atoms with Crippen LogP contribution in [0.4, 0.5) is 13.2 Å². The molecule has 0 unspecified atom stereocenters. The fraction of sp³-hybridized carbons (Fsp3) is 0.190. The minimum Gasteiger partial charge on any atom is -0.436 e. The molecular weight excluding hydrogens is 397 g/mol. The molecule has 0 radical (unpaired) electrons. The Morgan fingerprint density at radius 1 is 1.17 bits per heavy atom. The van der Waals surface area contributed by atoms with Crippen LogP contribution in [0.5, 0.6) is 0 Å². The number of aromatic nitrogens is 3. The van der Waals surface area contributed by atoms with E-state index in [2.05, 4.69) is 15.4 Å². The molecule has 0 bridgehead atoms. The summed E-state index contributed by atoms with van der Waals surface area (Å²) in [4.78, 5) is 16.8. The van der Waals surface area contributed by atoms with Gasteiger partial charge < -0.3 is 9.73 Å². The Morgan fingerprint density at radius 2 is 1.93 bits per heavy atom. The van der Waals surface area contributed by atoms with Gasteiger partial charge >= 0.3 is 6.18 Å². The first-order valence-corrected chi connectivity index (χ1v) is 9.21. The van der Waals surface area contributed by atoms with Crippen molar-refractivity contribution < 1.29 is 22.4 Å². The number of rotatable bonds is 5. The van der Waals surface area contributed by atoms with Gasteiger partial charge in [0.15, 0.2) is 5.58 Å². The summed E-state index contributed by atoms with van der Waals surface area (Å²) in [6.45, 7) is 3.06. The Hall–Kier alpha value is -3.62. The average molecular weight is 414 g/mol. The standard InChI is InChI=1S/C21H17F3N4O2/c1-2-28-12-13(11-26-28)10-25-19(29)15-5-8-18-17(9-15)27-20(30-18)14-3-6-16(7-4-14)21(22,23)24/h3-9,11-12H,2,10H2,1H3,(H,25,29). The molecule has 0 atom stereocenters. The Morgan fingerprint density at radius 3 is 2.60 bits per heavy atom. The van der Waals surface area contributed by atoms with Gasteiger partial charge in [0.2, 0.25) is 5.89 Å². The first-order valence-electron chi connectivity index (χ1n) is 9.21. The zero-order valence-electron chi connectivity index (χ0n) is 15.9. The number of benzene rings is 2. The lowest BCUT2D eigenvalue weighted by molar-refractivity contribution is -0.137. The van der Waals surface area contributed by atoms with E-state index in [0.717, 1.165) is 24.2 Å². The number of carbonyl (C=O) groups is 1. The van der Waals surface area contributed by atoms with Crippen LogP contribution in [0.15, 0.2) is 59.3 Å². The van der Waals surface area contributed by atoms with Crippen LogP contribution in [0.2, 0.25) is 0 Å². The summed E-state index contributed by atoms with van der Waals surface area (Å²) >= 11 is 0. The van der Waals surface area contributed by atoms with Crippen molar-refractivity contribution in [3.8, 4) is 11.5 Å². The molecule has 154 valence electrons. The minimum atomic E-state index is -4.41. The van der Waals surface area contributed by atoms with Crippen molar-refractivity contribution in [1.82, 2.24) is 20.1 Å². The highest BCUT2D eigenvalue weighted by molar-refractivity contribution is 5.97. The molecule has 0 fully saturated rings. The van der Waals surface area contributed by atoms with Gasteiger partial charge in [-0.25, -0.2) is 4.98 Å². The van der Waals surface area contributed by atoms with E-state index >= 15 is 0 Å². The predicted octanol–water partition coefficient (Wildman–Crippen LogP) is 4.66. The first kappa shape index (κ1) is 19.7. The van der Waals surface area contributed by atoms with E-state index in [1.807, 2.05) is 13.1 Å². The molecular formula is C21H17F3N4O2. The third kappa shape index (κ3) is 4.05. The number of hydrogen-bond donors (Lipinski definition) is 1. The number of fused-ring (bicyclic) bond motifs is 1. The molecule has 0 spiro atoms. The summed E-state index contributed by atoms with van der Waals surface area (Å²) in [7, 11) is 0. The molecule has 1 amide bonds. The lowest BCUT2D eigenvalue weighted by atomic mass is 10.1. The van der Waals surface area contributed by atoms with Gasteiger partial charge in [0.1, 0.15) is 5.52 Å². The van der Waals surface area contributed by atoms with Crippen molar-refractivity contribution in [3.05, 3.63) is 71.5 Å². The number of alkyl halides is 3. The highest BCUT2D eigenvalue weighted by Gasteiger charge is 2.30. The van der Waals surface area contributed by atoms with E-state index in [-0.39, 0.29) is 11.8 Å². The summed E-state index contributed by atoms with van der Waals surface area (Å²) in [6.07, 6.45) is -0.851. The molecule has 2 aromatic heterocycles. The smallest absolute Gasteiger partial charge is 0.416 e. The van der Waals surface area contributed by atoms with Crippen LogP contribution in [0.1, 0.15) is 28.4 Å². The second-order valence-corrected chi connectivity index (χ2v) is 6.66. The highest BCUT2D eigenvalue weighted by Crippen LogP contribution is 2.31. The Balaban J connectivity index is 1.51. The van der Waals surface area contributed by atoms with E-state index in [9.17, 15) is 18.0 Å². The van der Waals surface area contributed by atoms with Gasteiger partial charge in [-0.3, -0.25) is 9.48 Å². The fourth-order valence-electron chi connectivity index (χ4n) is 2.95. The van der Waals surface area contributed by atoms with E-state index < -0.39 is 11.7 Å². The fourth-order valence-corrected chi connectivity index (χ4v) is 2.95. The molecule has 2 heterocycles. The first-order chi connectivity index (χ1) is 14.3. The van der Waals surface area contributed by atoms with E-state index in [1.54, 1.807) is 29.1 Å². The lowest BCUT2D eigenvalue weighted by Gasteiger charge is -2.05. The third-order valence-electron chi connectivity index (χ3n) is 4.57. The van der Waals surface area contributed by atoms with Crippen LogP contribution in [-0.4, -0.2) is 20.7 Å². The maximum absolute atomic E-state index is 12.7.